The van der Waals surface area contributed by atoms with Gasteiger partial charge >= 0.3 is 0 Å². The molecule has 0 saturated carbocycles. The van der Waals surface area contributed by atoms with Crippen molar-refractivity contribution in [2.45, 2.75) is 32.3 Å². The molecule has 0 bridgehead atoms. The zero-order chi connectivity index (χ0) is 14.8. The van der Waals surface area contributed by atoms with Crippen molar-refractivity contribution in [2.24, 2.45) is 0 Å². The molecule has 1 aromatic rings. The van der Waals surface area contributed by atoms with E-state index in [9.17, 15) is 4.79 Å². The topological polar surface area (TPSA) is 29.5 Å². The van der Waals surface area contributed by atoms with E-state index in [1.54, 1.807) is 0 Å². The van der Waals surface area contributed by atoms with Crippen molar-refractivity contribution >= 4 is 21.8 Å². The van der Waals surface area contributed by atoms with Crippen LogP contribution in [0.4, 0.5) is 0 Å². The molecule has 0 spiro atoms. The molecule has 0 radical (unpaired) electrons. The lowest BCUT2D eigenvalue weighted by Crippen LogP contribution is -2.46. The van der Waals surface area contributed by atoms with Gasteiger partial charge in [-0.3, -0.25) is 4.79 Å². The molecule has 1 aliphatic rings. The Morgan fingerprint density at radius 1 is 1.40 bits per heavy atom. The minimum atomic E-state index is -0.0344. The number of alkyl halides is 1. The van der Waals surface area contributed by atoms with Gasteiger partial charge in [-0.1, -0.05) is 54.9 Å². The Morgan fingerprint density at radius 2 is 2.10 bits per heavy atom. The van der Waals surface area contributed by atoms with Gasteiger partial charge in [-0.2, -0.15) is 0 Å². The Balaban J connectivity index is 2.25. The summed E-state index contributed by atoms with van der Waals surface area (Å²) in [7, 11) is 0. The average Bonchev–Trinajstić information content (AvgIpc) is 2.45. The Kier molecular flexibility index (Phi) is 4.86. The normalized spacial score (nSPS) is 20.0. The highest BCUT2D eigenvalue weighted by atomic mass is 79.9. The van der Waals surface area contributed by atoms with Crippen LogP contribution < -0.4 is 0 Å². The smallest absolute Gasteiger partial charge is 0.254 e. The Morgan fingerprint density at radius 3 is 2.75 bits per heavy atom. The number of nitrogens with zero attached hydrogens (tertiary/aromatic N) is 1. The van der Waals surface area contributed by atoms with E-state index in [0.717, 1.165) is 16.5 Å². The standard InChI is InChI=1S/C16H22BrNO2/c1-16(2,3)14-7-5-4-6-13(14)15(19)18-8-9-20-12(10-17)11-18/h4-7,12H,8-11H2,1-3H3. The summed E-state index contributed by atoms with van der Waals surface area (Å²) in [5, 5.41) is 0.762. The van der Waals surface area contributed by atoms with E-state index in [2.05, 4.69) is 42.8 Å². The molecule has 3 nitrogen and oxygen atoms in total. The summed E-state index contributed by atoms with van der Waals surface area (Å²) in [5.74, 6) is 0.116. The fourth-order valence-corrected chi connectivity index (χ4v) is 2.88. The van der Waals surface area contributed by atoms with Gasteiger partial charge in [0.05, 0.1) is 12.7 Å². The van der Waals surface area contributed by atoms with Crippen molar-refractivity contribution < 1.29 is 9.53 Å². The predicted octanol–water partition coefficient (Wildman–Crippen LogP) is 3.22. The van der Waals surface area contributed by atoms with E-state index >= 15 is 0 Å². The molecule has 20 heavy (non-hydrogen) atoms. The highest BCUT2D eigenvalue weighted by Crippen LogP contribution is 2.27. The summed E-state index contributed by atoms with van der Waals surface area (Å²) in [6, 6.07) is 7.92. The van der Waals surface area contributed by atoms with Crippen LogP contribution in [0.15, 0.2) is 24.3 Å². The first-order chi connectivity index (χ1) is 9.43. The first-order valence-electron chi connectivity index (χ1n) is 7.00. The number of morpholine rings is 1. The molecule has 1 heterocycles. The summed E-state index contributed by atoms with van der Waals surface area (Å²) in [6.07, 6.45) is 0.0921. The third-order valence-corrected chi connectivity index (χ3v) is 4.29. The highest BCUT2D eigenvalue weighted by molar-refractivity contribution is 9.09. The third-order valence-electron chi connectivity index (χ3n) is 3.56. The number of hydrogen-bond donors (Lipinski definition) is 0. The van der Waals surface area contributed by atoms with E-state index in [1.807, 2.05) is 23.1 Å². The first kappa shape index (κ1) is 15.5. The van der Waals surface area contributed by atoms with E-state index in [0.29, 0.717) is 19.7 Å². The number of carbonyl (C=O) groups excluding carboxylic acids is 1. The minimum absolute atomic E-state index is 0.0344. The van der Waals surface area contributed by atoms with Gasteiger partial charge in [0.2, 0.25) is 0 Å². The monoisotopic (exact) mass is 339 g/mol. The van der Waals surface area contributed by atoms with Crippen LogP contribution in [0, 0.1) is 0 Å². The molecule has 1 fully saturated rings. The quantitative estimate of drug-likeness (QED) is 0.774. The van der Waals surface area contributed by atoms with Crippen molar-refractivity contribution in [1.82, 2.24) is 4.90 Å². The molecule has 1 aliphatic heterocycles. The van der Waals surface area contributed by atoms with E-state index in [-0.39, 0.29) is 17.4 Å². The lowest BCUT2D eigenvalue weighted by Gasteiger charge is -2.33. The maximum Gasteiger partial charge on any atom is 0.254 e. The van der Waals surface area contributed by atoms with Gasteiger partial charge in [0, 0.05) is 24.0 Å². The number of rotatable bonds is 2. The van der Waals surface area contributed by atoms with Crippen molar-refractivity contribution in [3.8, 4) is 0 Å². The largest absolute Gasteiger partial charge is 0.374 e. The molecule has 1 atom stereocenters. The molecule has 4 heteroatoms. The summed E-state index contributed by atoms with van der Waals surface area (Å²) < 4.78 is 5.60. The lowest BCUT2D eigenvalue weighted by atomic mass is 9.83. The second kappa shape index (κ2) is 6.27. The zero-order valence-corrected chi connectivity index (χ0v) is 13.9. The molecule has 0 N–H and O–H groups in total. The first-order valence-corrected chi connectivity index (χ1v) is 8.12. The van der Waals surface area contributed by atoms with Crippen LogP contribution in [0.1, 0.15) is 36.7 Å². The van der Waals surface area contributed by atoms with Crippen LogP contribution in [0.25, 0.3) is 0 Å². The van der Waals surface area contributed by atoms with Gasteiger partial charge in [-0.15, -0.1) is 0 Å². The summed E-state index contributed by atoms with van der Waals surface area (Å²) in [5.41, 5.74) is 1.88. The molecule has 2 rings (SSSR count). The average molecular weight is 340 g/mol. The van der Waals surface area contributed by atoms with E-state index < -0.39 is 0 Å². The van der Waals surface area contributed by atoms with E-state index in [4.69, 9.17) is 4.74 Å². The van der Waals surface area contributed by atoms with Crippen LogP contribution in [-0.4, -0.2) is 41.9 Å². The number of ether oxygens (including phenoxy) is 1. The van der Waals surface area contributed by atoms with Crippen LogP contribution in [0.3, 0.4) is 0 Å². The fraction of sp³-hybridized carbons (Fsp3) is 0.562. The highest BCUT2D eigenvalue weighted by Gasteiger charge is 2.28. The lowest BCUT2D eigenvalue weighted by molar-refractivity contribution is -0.00973. The van der Waals surface area contributed by atoms with Crippen LogP contribution in [0.2, 0.25) is 0 Å². The molecule has 1 unspecified atom stereocenters. The van der Waals surface area contributed by atoms with Gasteiger partial charge in [0.25, 0.3) is 5.91 Å². The van der Waals surface area contributed by atoms with Gasteiger partial charge in [-0.05, 0) is 17.0 Å². The van der Waals surface area contributed by atoms with E-state index in [1.165, 1.54) is 0 Å². The van der Waals surface area contributed by atoms with Gasteiger partial charge in [0.1, 0.15) is 0 Å². The number of carbonyl (C=O) groups is 1. The number of halogens is 1. The summed E-state index contributed by atoms with van der Waals surface area (Å²) in [6.45, 7) is 8.35. The molecular formula is C16H22BrNO2. The summed E-state index contributed by atoms with van der Waals surface area (Å²) >= 11 is 3.43. The third kappa shape index (κ3) is 3.41. The Hall–Kier alpha value is -0.870. The number of amides is 1. The molecule has 110 valence electrons. The predicted molar refractivity (Wildman–Crippen MR) is 84.6 cm³/mol. The van der Waals surface area contributed by atoms with Crippen molar-refractivity contribution in [3.05, 3.63) is 35.4 Å². The molecular weight excluding hydrogens is 318 g/mol. The second-order valence-electron chi connectivity index (χ2n) is 6.19. The maximum absolute atomic E-state index is 12.8. The van der Waals surface area contributed by atoms with Crippen LogP contribution >= 0.6 is 15.9 Å². The molecule has 0 aliphatic carbocycles. The number of hydrogen-bond acceptors (Lipinski definition) is 2. The van der Waals surface area contributed by atoms with Gasteiger partial charge < -0.3 is 9.64 Å². The molecule has 1 saturated heterocycles. The maximum atomic E-state index is 12.8. The summed E-state index contributed by atoms with van der Waals surface area (Å²) in [4.78, 5) is 14.7. The molecule has 1 aromatic carbocycles. The fourth-order valence-electron chi connectivity index (χ4n) is 2.49. The van der Waals surface area contributed by atoms with Gasteiger partial charge in [0.15, 0.2) is 0 Å². The van der Waals surface area contributed by atoms with Crippen molar-refractivity contribution in [1.29, 1.82) is 0 Å². The Labute approximate surface area is 129 Å². The van der Waals surface area contributed by atoms with Gasteiger partial charge in [-0.25, -0.2) is 0 Å². The van der Waals surface area contributed by atoms with Crippen molar-refractivity contribution in [2.75, 3.05) is 25.0 Å². The molecule has 0 aromatic heterocycles. The Bertz CT molecular complexity index is 482. The molecule has 1 amide bonds. The zero-order valence-electron chi connectivity index (χ0n) is 12.4. The van der Waals surface area contributed by atoms with Crippen LogP contribution in [0.5, 0.6) is 0 Å². The second-order valence-corrected chi connectivity index (χ2v) is 6.84. The SMILES string of the molecule is CC(C)(C)c1ccccc1C(=O)N1CCOC(CBr)C1. The van der Waals surface area contributed by atoms with Crippen molar-refractivity contribution in [3.63, 3.8) is 0 Å². The number of benzene rings is 1. The minimum Gasteiger partial charge on any atom is -0.374 e. The van der Waals surface area contributed by atoms with Crippen LogP contribution in [-0.2, 0) is 10.2 Å².